The Balaban J connectivity index is 2.36. The second-order valence-corrected chi connectivity index (χ2v) is 8.26. The first-order chi connectivity index (χ1) is 7.43. The van der Waals surface area contributed by atoms with Crippen LogP contribution in [-0.2, 0) is 10.0 Å². The van der Waals surface area contributed by atoms with Crippen molar-refractivity contribution in [1.29, 1.82) is 0 Å². The molecule has 4 nitrogen and oxygen atoms in total. The van der Waals surface area contributed by atoms with Crippen LogP contribution in [0.3, 0.4) is 0 Å². The van der Waals surface area contributed by atoms with Gasteiger partial charge >= 0.3 is 0 Å². The quantitative estimate of drug-likeness (QED) is 0.841. The molecule has 0 aromatic carbocycles. The summed E-state index contributed by atoms with van der Waals surface area (Å²) in [5.41, 5.74) is 5.72. The van der Waals surface area contributed by atoms with Crippen molar-refractivity contribution >= 4 is 53.2 Å². The van der Waals surface area contributed by atoms with Crippen LogP contribution in [0.1, 0.15) is 6.42 Å². The molecule has 1 aliphatic heterocycles. The molecule has 1 saturated heterocycles. The van der Waals surface area contributed by atoms with Crippen molar-refractivity contribution in [2.24, 2.45) is 5.73 Å². The third-order valence-electron chi connectivity index (χ3n) is 2.42. The smallest absolute Gasteiger partial charge is 0.253 e. The molecule has 0 bridgehead atoms. The highest BCUT2D eigenvalue weighted by atomic mass is 79.9. The highest BCUT2D eigenvalue weighted by molar-refractivity contribution is 9.13. The molecule has 0 amide bonds. The molecule has 2 rings (SSSR count). The summed E-state index contributed by atoms with van der Waals surface area (Å²) >= 11 is 7.77. The molecule has 2 N–H and O–H groups in total. The van der Waals surface area contributed by atoms with Crippen molar-refractivity contribution in [1.82, 2.24) is 4.31 Å². The predicted molar refractivity (Wildman–Crippen MR) is 71.1 cm³/mol. The Bertz CT molecular complexity index is 500. The average molecular weight is 390 g/mol. The summed E-state index contributed by atoms with van der Waals surface area (Å²) in [6.07, 6.45) is 0.726. The molecule has 90 valence electrons. The fourth-order valence-corrected chi connectivity index (χ4v) is 6.26. The predicted octanol–water partition coefficient (Wildman–Crippen LogP) is 1.99. The van der Waals surface area contributed by atoms with E-state index in [9.17, 15) is 8.42 Å². The number of sulfonamides is 1. The molecule has 0 saturated carbocycles. The molecule has 1 atom stereocenters. The summed E-state index contributed by atoms with van der Waals surface area (Å²) in [7, 11) is -3.39. The summed E-state index contributed by atoms with van der Waals surface area (Å²) in [4.78, 5) is 0. The largest absolute Gasteiger partial charge is 0.326 e. The Hall–Kier alpha value is 0.530. The number of rotatable bonds is 2. The van der Waals surface area contributed by atoms with Gasteiger partial charge in [-0.3, -0.25) is 0 Å². The number of hydrogen-bond acceptors (Lipinski definition) is 4. The molecule has 0 spiro atoms. The molecule has 1 fully saturated rings. The molecular weight excluding hydrogens is 380 g/mol. The Morgan fingerprint density at radius 3 is 2.62 bits per heavy atom. The lowest BCUT2D eigenvalue weighted by Gasteiger charge is -2.14. The third kappa shape index (κ3) is 2.23. The fourth-order valence-electron chi connectivity index (χ4n) is 1.57. The van der Waals surface area contributed by atoms with Crippen LogP contribution in [0, 0.1) is 0 Å². The van der Waals surface area contributed by atoms with E-state index < -0.39 is 10.0 Å². The van der Waals surface area contributed by atoms with Crippen LogP contribution in [0.2, 0.25) is 0 Å². The molecule has 0 radical (unpaired) electrons. The van der Waals surface area contributed by atoms with Crippen molar-refractivity contribution in [3.05, 3.63) is 14.3 Å². The van der Waals surface area contributed by atoms with E-state index in [2.05, 4.69) is 31.9 Å². The Morgan fingerprint density at radius 1 is 1.50 bits per heavy atom. The molecular formula is C8H10Br2N2O2S2. The molecule has 1 aromatic heterocycles. The minimum absolute atomic E-state index is 0.0445. The number of hydrogen-bond donors (Lipinski definition) is 1. The average Bonchev–Trinajstić information content (AvgIpc) is 2.76. The number of nitrogens with zero attached hydrogens (tertiary/aromatic N) is 1. The zero-order valence-corrected chi connectivity index (χ0v) is 13.0. The van der Waals surface area contributed by atoms with Crippen LogP contribution in [0.25, 0.3) is 0 Å². The molecule has 8 heteroatoms. The summed E-state index contributed by atoms with van der Waals surface area (Å²) in [6.45, 7) is 0.912. The van der Waals surface area contributed by atoms with Gasteiger partial charge in [0.05, 0.1) is 4.47 Å². The van der Waals surface area contributed by atoms with E-state index in [1.807, 2.05) is 0 Å². The third-order valence-corrected chi connectivity index (χ3v) is 8.61. The summed E-state index contributed by atoms with van der Waals surface area (Å²) < 4.78 is 27.6. The molecule has 16 heavy (non-hydrogen) atoms. The summed E-state index contributed by atoms with van der Waals surface area (Å²) in [5.74, 6) is 0. The fraction of sp³-hybridized carbons (Fsp3) is 0.500. The van der Waals surface area contributed by atoms with Crippen LogP contribution in [0.4, 0.5) is 0 Å². The van der Waals surface area contributed by atoms with Crippen LogP contribution in [0.15, 0.2) is 18.5 Å². The van der Waals surface area contributed by atoms with E-state index in [0.717, 1.165) is 10.9 Å². The topological polar surface area (TPSA) is 63.4 Å². The molecule has 1 aliphatic rings. The second kappa shape index (κ2) is 4.66. The zero-order valence-electron chi connectivity index (χ0n) is 8.19. The van der Waals surface area contributed by atoms with Gasteiger partial charge in [0.15, 0.2) is 4.21 Å². The van der Waals surface area contributed by atoms with Crippen molar-refractivity contribution < 1.29 is 8.42 Å². The maximum atomic E-state index is 12.2. The van der Waals surface area contributed by atoms with Gasteiger partial charge in [-0.25, -0.2) is 8.42 Å². The Kier molecular flexibility index (Phi) is 3.78. The van der Waals surface area contributed by atoms with Gasteiger partial charge in [0.1, 0.15) is 0 Å². The normalized spacial score (nSPS) is 22.8. The van der Waals surface area contributed by atoms with Gasteiger partial charge in [0.2, 0.25) is 0 Å². The van der Waals surface area contributed by atoms with Crippen molar-refractivity contribution in [2.75, 3.05) is 13.1 Å². The van der Waals surface area contributed by atoms with Crippen molar-refractivity contribution in [3.8, 4) is 0 Å². The first-order valence-electron chi connectivity index (χ1n) is 4.61. The van der Waals surface area contributed by atoms with Crippen LogP contribution in [-0.4, -0.2) is 31.9 Å². The van der Waals surface area contributed by atoms with Crippen LogP contribution >= 0.6 is 43.2 Å². The lowest BCUT2D eigenvalue weighted by molar-refractivity contribution is 0.474. The van der Waals surface area contributed by atoms with Crippen molar-refractivity contribution in [3.63, 3.8) is 0 Å². The van der Waals surface area contributed by atoms with Crippen molar-refractivity contribution in [2.45, 2.75) is 16.7 Å². The van der Waals surface area contributed by atoms with E-state index in [1.54, 1.807) is 5.38 Å². The molecule has 2 heterocycles. The SMILES string of the molecule is N[C@@H]1CCN(S(=O)(=O)c2scc(Br)c2Br)C1. The first kappa shape index (κ1) is 13.0. The minimum Gasteiger partial charge on any atom is -0.326 e. The van der Waals surface area contributed by atoms with Gasteiger partial charge in [-0.05, 0) is 38.3 Å². The van der Waals surface area contributed by atoms with E-state index in [4.69, 9.17) is 5.73 Å². The van der Waals surface area contributed by atoms with Gasteiger partial charge in [0.25, 0.3) is 10.0 Å². The zero-order chi connectivity index (χ0) is 11.9. The summed E-state index contributed by atoms with van der Waals surface area (Å²) in [6, 6.07) is -0.0445. The maximum absolute atomic E-state index is 12.2. The number of thiophene rings is 1. The molecule has 0 unspecified atom stereocenters. The molecule has 1 aromatic rings. The highest BCUT2D eigenvalue weighted by Crippen LogP contribution is 2.37. The highest BCUT2D eigenvalue weighted by Gasteiger charge is 2.33. The van der Waals surface area contributed by atoms with Gasteiger partial charge in [0, 0.05) is 29.0 Å². The van der Waals surface area contributed by atoms with Gasteiger partial charge < -0.3 is 5.73 Å². The number of halogens is 2. The van der Waals surface area contributed by atoms with Crippen LogP contribution < -0.4 is 5.73 Å². The first-order valence-corrected chi connectivity index (χ1v) is 8.51. The minimum atomic E-state index is -3.39. The second-order valence-electron chi connectivity index (χ2n) is 3.60. The molecule has 0 aliphatic carbocycles. The maximum Gasteiger partial charge on any atom is 0.253 e. The van der Waals surface area contributed by atoms with E-state index in [-0.39, 0.29) is 6.04 Å². The number of nitrogens with two attached hydrogens (primary N) is 1. The summed E-state index contributed by atoms with van der Waals surface area (Å²) in [5, 5.41) is 1.76. The van der Waals surface area contributed by atoms with Crippen LogP contribution in [0.5, 0.6) is 0 Å². The Morgan fingerprint density at radius 2 is 2.19 bits per heavy atom. The van der Waals surface area contributed by atoms with Gasteiger partial charge in [-0.15, -0.1) is 11.3 Å². The lowest BCUT2D eigenvalue weighted by atomic mass is 10.3. The Labute approximate surface area is 115 Å². The van der Waals surface area contributed by atoms with E-state index in [0.29, 0.717) is 21.8 Å². The van der Waals surface area contributed by atoms with Gasteiger partial charge in [-0.1, -0.05) is 0 Å². The van der Waals surface area contributed by atoms with E-state index >= 15 is 0 Å². The van der Waals surface area contributed by atoms with Gasteiger partial charge in [-0.2, -0.15) is 4.31 Å². The lowest BCUT2D eigenvalue weighted by Crippen LogP contribution is -2.31. The monoisotopic (exact) mass is 388 g/mol. The van der Waals surface area contributed by atoms with E-state index in [1.165, 1.54) is 15.6 Å². The standard InChI is InChI=1S/C8H10Br2N2O2S2/c9-6-4-15-8(7(6)10)16(13,14)12-2-1-5(11)3-12/h4-5H,1-3,11H2/t5-/m1/s1.